The highest BCUT2D eigenvalue weighted by molar-refractivity contribution is 6.35. The molecule has 1 saturated carbocycles. The van der Waals surface area contributed by atoms with E-state index in [1.807, 2.05) is 6.07 Å². The van der Waals surface area contributed by atoms with Gasteiger partial charge in [0, 0.05) is 24.2 Å². The Hall–Kier alpha value is -4.72. The van der Waals surface area contributed by atoms with Gasteiger partial charge >= 0.3 is 18.6 Å². The average molecular weight is 801 g/mol. The second-order valence-corrected chi connectivity index (χ2v) is 14.8. The Balaban J connectivity index is 1.13. The molecule has 0 spiro atoms. The second-order valence-electron chi connectivity index (χ2n) is 14.0. The van der Waals surface area contributed by atoms with Gasteiger partial charge in [0.25, 0.3) is 0 Å². The Morgan fingerprint density at radius 1 is 0.927 bits per heavy atom. The molecule has 0 amide bonds. The molecule has 4 aliphatic rings. The summed E-state index contributed by atoms with van der Waals surface area (Å²) in [5.41, 5.74) is 0.932. The molecule has 8 rings (SSSR count). The van der Waals surface area contributed by atoms with E-state index in [9.17, 15) is 23.6 Å². The standard InChI is InChI=1S/C40H38Cl2F3N3O7/c41-30-19-48(51)20-31(42)29(30)18-34(26-8-11-33(55-40(44)45)35(16-26)52-22-23-6-7-23)53-38(49)28-10-9-27(17-32(28)43)46-37(25-4-2-1-3-5-25)39(50)54-36-21-47-14-12-24(36)13-15-47/h1-5,8-11,16-17,19-20,23-24,34,36-37,40,46H,6-7,12-15,18,21-22H2/t34-,36-,37?/m0/s1. The molecule has 3 aromatic carbocycles. The molecule has 1 N–H and O–H groups in total. The van der Waals surface area contributed by atoms with E-state index in [0.717, 1.165) is 57.2 Å². The zero-order valence-corrected chi connectivity index (χ0v) is 31.0. The van der Waals surface area contributed by atoms with Crippen LogP contribution in [0.4, 0.5) is 18.9 Å². The molecule has 0 radical (unpaired) electrons. The summed E-state index contributed by atoms with van der Waals surface area (Å²) in [4.78, 5) is 29.6. The van der Waals surface area contributed by atoms with Gasteiger partial charge in [-0.05, 0) is 92.1 Å². The van der Waals surface area contributed by atoms with E-state index < -0.39 is 42.1 Å². The highest BCUT2D eigenvalue weighted by Crippen LogP contribution is 2.38. The summed E-state index contributed by atoms with van der Waals surface area (Å²) >= 11 is 12.7. The van der Waals surface area contributed by atoms with Crippen molar-refractivity contribution in [3.05, 3.63) is 122 Å². The van der Waals surface area contributed by atoms with Gasteiger partial charge in [0.1, 0.15) is 28.1 Å². The van der Waals surface area contributed by atoms with Crippen molar-refractivity contribution in [3.8, 4) is 11.5 Å². The molecule has 4 fully saturated rings. The number of aromatic nitrogens is 1. The van der Waals surface area contributed by atoms with E-state index in [2.05, 4.69) is 15.0 Å². The van der Waals surface area contributed by atoms with Crippen molar-refractivity contribution in [1.29, 1.82) is 0 Å². The van der Waals surface area contributed by atoms with E-state index >= 15 is 4.39 Å². The summed E-state index contributed by atoms with van der Waals surface area (Å²) in [6.45, 7) is -0.207. The van der Waals surface area contributed by atoms with E-state index in [1.165, 1.54) is 30.3 Å². The molecule has 3 aliphatic heterocycles. The van der Waals surface area contributed by atoms with Gasteiger partial charge in [-0.15, -0.1) is 0 Å². The van der Waals surface area contributed by atoms with E-state index in [-0.39, 0.29) is 63.4 Å². The van der Waals surface area contributed by atoms with Crippen molar-refractivity contribution in [2.45, 2.75) is 57.0 Å². The van der Waals surface area contributed by atoms with Crippen LogP contribution in [0.1, 0.15) is 64.9 Å². The third-order valence-corrected chi connectivity index (χ3v) is 10.8. The number of esters is 2. The summed E-state index contributed by atoms with van der Waals surface area (Å²) in [5, 5.41) is 15.0. The predicted molar refractivity (Wildman–Crippen MR) is 197 cm³/mol. The van der Waals surface area contributed by atoms with Crippen LogP contribution in [0.5, 0.6) is 11.5 Å². The maximum absolute atomic E-state index is 15.9. The number of nitrogens with zero attached hydrogens (tertiary/aromatic N) is 2. The first-order valence-electron chi connectivity index (χ1n) is 18.0. The maximum Gasteiger partial charge on any atom is 0.387 e. The number of ether oxygens (including phenoxy) is 4. The van der Waals surface area contributed by atoms with Crippen LogP contribution in [0.3, 0.4) is 0 Å². The van der Waals surface area contributed by atoms with Crippen LogP contribution >= 0.6 is 23.2 Å². The number of piperidine rings is 3. The fraction of sp³-hybridized carbons (Fsp3) is 0.375. The van der Waals surface area contributed by atoms with Gasteiger partial charge in [-0.3, -0.25) is 4.90 Å². The maximum atomic E-state index is 15.9. The van der Waals surface area contributed by atoms with Crippen molar-refractivity contribution < 1.29 is 46.4 Å². The van der Waals surface area contributed by atoms with Crippen LogP contribution in [-0.4, -0.2) is 55.8 Å². The fourth-order valence-corrected chi connectivity index (χ4v) is 7.58. The van der Waals surface area contributed by atoms with Crippen LogP contribution < -0.4 is 19.5 Å². The third-order valence-electron chi connectivity index (χ3n) is 10.2. The van der Waals surface area contributed by atoms with Crippen molar-refractivity contribution in [2.75, 3.05) is 31.6 Å². The number of pyridine rings is 1. The van der Waals surface area contributed by atoms with Gasteiger partial charge in [-0.2, -0.15) is 13.5 Å². The van der Waals surface area contributed by atoms with E-state index in [1.54, 1.807) is 24.3 Å². The Morgan fingerprint density at radius 3 is 2.29 bits per heavy atom. The number of rotatable bonds is 15. The summed E-state index contributed by atoms with van der Waals surface area (Å²) in [5.74, 6) is -2.16. The summed E-state index contributed by atoms with van der Waals surface area (Å²) in [7, 11) is 0. The molecule has 10 nitrogen and oxygen atoms in total. The van der Waals surface area contributed by atoms with Crippen molar-refractivity contribution in [3.63, 3.8) is 0 Å². The fourth-order valence-electron chi connectivity index (χ4n) is 6.98. The lowest BCUT2D eigenvalue weighted by Gasteiger charge is -2.44. The number of carbonyl (C=O) groups is 2. The molecule has 1 aliphatic carbocycles. The highest BCUT2D eigenvalue weighted by Gasteiger charge is 2.38. The first kappa shape index (κ1) is 38.6. The molecule has 4 aromatic rings. The van der Waals surface area contributed by atoms with E-state index in [4.69, 9.17) is 37.4 Å². The van der Waals surface area contributed by atoms with Gasteiger partial charge in [-0.1, -0.05) is 59.6 Å². The van der Waals surface area contributed by atoms with Crippen molar-refractivity contribution in [1.82, 2.24) is 4.90 Å². The molecular weight excluding hydrogens is 762 g/mol. The number of carbonyl (C=O) groups excluding carboxylic acids is 2. The first-order valence-corrected chi connectivity index (χ1v) is 18.8. The number of benzene rings is 3. The van der Waals surface area contributed by atoms with Gasteiger partial charge < -0.3 is 29.5 Å². The van der Waals surface area contributed by atoms with Crippen molar-refractivity contribution in [2.24, 2.45) is 11.8 Å². The highest BCUT2D eigenvalue weighted by atomic mass is 35.5. The smallest absolute Gasteiger partial charge is 0.387 e. The SMILES string of the molecule is O=C(O[C@@H](Cc1c(Cl)c[n+]([O-])cc1Cl)c1ccc(OC(F)F)c(OCC2CC2)c1)c1ccc(NC(C(=O)O[C@H]2CN3CCC2CC3)c2ccccc2)cc1F. The second kappa shape index (κ2) is 17.0. The van der Waals surface area contributed by atoms with Crippen LogP contribution in [0.25, 0.3) is 0 Å². The lowest BCUT2D eigenvalue weighted by molar-refractivity contribution is -0.605. The Bertz CT molecular complexity index is 1990. The monoisotopic (exact) mass is 799 g/mol. The molecule has 3 atom stereocenters. The van der Waals surface area contributed by atoms with Gasteiger partial charge in [0.2, 0.25) is 0 Å². The topological polar surface area (TPSA) is 113 Å². The van der Waals surface area contributed by atoms with Gasteiger partial charge in [-0.25, -0.2) is 14.0 Å². The Morgan fingerprint density at radius 2 is 1.65 bits per heavy atom. The van der Waals surface area contributed by atoms with E-state index in [0.29, 0.717) is 22.8 Å². The molecule has 4 heterocycles. The van der Waals surface area contributed by atoms with Crippen LogP contribution in [-0.2, 0) is 20.7 Å². The minimum atomic E-state index is -3.12. The predicted octanol–water partition coefficient (Wildman–Crippen LogP) is 8.09. The molecule has 290 valence electrons. The first-order chi connectivity index (χ1) is 26.5. The van der Waals surface area contributed by atoms with Crippen LogP contribution in [0, 0.1) is 22.9 Å². The number of fused-ring (bicyclic) bond motifs is 3. The largest absolute Gasteiger partial charge is 0.619 e. The number of hydrogen-bond donors (Lipinski definition) is 1. The number of hydrogen-bond acceptors (Lipinski definition) is 9. The summed E-state index contributed by atoms with van der Waals surface area (Å²) in [6, 6.07) is 15.8. The third kappa shape index (κ3) is 9.57. The quantitative estimate of drug-likeness (QED) is 0.0725. The normalized spacial score (nSPS) is 20.1. The Kier molecular flexibility index (Phi) is 11.9. The van der Waals surface area contributed by atoms with Crippen LogP contribution in [0.15, 0.2) is 79.1 Å². The molecular formula is C40H38Cl2F3N3O7. The number of halogens is 5. The molecule has 15 heteroatoms. The molecule has 1 unspecified atom stereocenters. The van der Waals surface area contributed by atoms with Gasteiger partial charge in [0.15, 0.2) is 29.9 Å². The minimum absolute atomic E-state index is 0.00462. The molecule has 1 aromatic heterocycles. The summed E-state index contributed by atoms with van der Waals surface area (Å²) in [6.07, 6.45) is 4.32. The van der Waals surface area contributed by atoms with Crippen molar-refractivity contribution >= 4 is 40.8 Å². The van der Waals surface area contributed by atoms with Gasteiger partial charge in [0.05, 0.1) is 12.2 Å². The lowest BCUT2D eigenvalue weighted by Crippen LogP contribution is -2.52. The van der Waals surface area contributed by atoms with Crippen LogP contribution in [0.2, 0.25) is 10.0 Å². The number of anilines is 1. The molecule has 55 heavy (non-hydrogen) atoms. The number of alkyl halides is 2. The minimum Gasteiger partial charge on any atom is -0.619 e. The average Bonchev–Trinajstić information content (AvgIpc) is 4.00. The molecule has 2 bridgehead atoms. The Labute approximate surface area is 325 Å². The number of nitrogens with one attached hydrogen (secondary N) is 1. The zero-order chi connectivity index (χ0) is 38.6. The molecule has 3 saturated heterocycles. The zero-order valence-electron chi connectivity index (χ0n) is 29.5. The lowest BCUT2D eigenvalue weighted by atomic mass is 9.86. The summed E-state index contributed by atoms with van der Waals surface area (Å²) < 4.78 is 65.2.